The van der Waals surface area contributed by atoms with E-state index in [1.807, 2.05) is 6.07 Å². The predicted molar refractivity (Wildman–Crippen MR) is 142 cm³/mol. The smallest absolute Gasteiger partial charge is 0.351 e. The van der Waals surface area contributed by atoms with Crippen LogP contribution in [0.15, 0.2) is 42.6 Å². The molecule has 7 nitrogen and oxygen atoms in total. The van der Waals surface area contributed by atoms with Crippen LogP contribution in [0.4, 0.5) is 30.8 Å². The van der Waals surface area contributed by atoms with Gasteiger partial charge in [-0.3, -0.25) is 9.89 Å². The van der Waals surface area contributed by atoms with E-state index in [1.165, 1.54) is 37.4 Å². The van der Waals surface area contributed by atoms with Gasteiger partial charge in [0.2, 0.25) is 5.95 Å². The van der Waals surface area contributed by atoms with Crippen molar-refractivity contribution in [2.45, 2.75) is 75.9 Å². The number of hydrogen-bond donors (Lipinski definition) is 3. The highest BCUT2D eigenvalue weighted by molar-refractivity contribution is 5.81. The van der Waals surface area contributed by atoms with Gasteiger partial charge < -0.3 is 10.6 Å². The molecular weight excluding hydrogens is 505 g/mol. The predicted octanol–water partition coefficient (Wildman–Crippen LogP) is 6.65. The number of rotatable bonds is 9. The van der Waals surface area contributed by atoms with Crippen molar-refractivity contribution in [3.8, 4) is 0 Å². The number of hydrogen-bond acceptors (Lipinski definition) is 6. The monoisotopic (exact) mass is 538 g/mol. The minimum atomic E-state index is -4.40. The van der Waals surface area contributed by atoms with Crippen molar-refractivity contribution in [3.05, 3.63) is 59.4 Å². The quantitative estimate of drug-likeness (QED) is 0.282. The van der Waals surface area contributed by atoms with Gasteiger partial charge in [0.05, 0.1) is 5.56 Å². The van der Waals surface area contributed by atoms with E-state index in [0.717, 1.165) is 37.2 Å². The Morgan fingerprint density at radius 1 is 1.03 bits per heavy atom. The van der Waals surface area contributed by atoms with E-state index in [0.29, 0.717) is 41.5 Å². The lowest BCUT2D eigenvalue weighted by atomic mass is 9.82. The number of benzene rings is 1. The average molecular weight is 539 g/mol. The molecular formula is C29H33F3N6O. The Morgan fingerprint density at radius 2 is 1.87 bits per heavy atom. The van der Waals surface area contributed by atoms with Gasteiger partial charge in [-0.15, -0.1) is 0 Å². The maximum Gasteiger partial charge on any atom is 0.416 e. The molecule has 0 amide bonds. The van der Waals surface area contributed by atoms with Crippen LogP contribution in [0.2, 0.25) is 0 Å². The van der Waals surface area contributed by atoms with Gasteiger partial charge in [-0.2, -0.15) is 23.3 Å². The second kappa shape index (κ2) is 10.6. The van der Waals surface area contributed by atoms with Crippen LogP contribution in [0.25, 0.3) is 0 Å². The van der Waals surface area contributed by atoms with E-state index < -0.39 is 11.7 Å². The molecule has 0 spiro atoms. The Balaban J connectivity index is 1.00. The third kappa shape index (κ3) is 5.94. The Bertz CT molecular complexity index is 1320. The number of alkyl halides is 3. The number of aromatic amines is 1. The molecule has 3 saturated carbocycles. The van der Waals surface area contributed by atoms with Gasteiger partial charge >= 0.3 is 6.18 Å². The number of ketones is 1. The zero-order valence-electron chi connectivity index (χ0n) is 21.7. The summed E-state index contributed by atoms with van der Waals surface area (Å²) in [5.74, 6) is 3.72. The molecule has 3 aromatic rings. The fourth-order valence-corrected chi connectivity index (χ4v) is 6.91. The SMILES string of the molecule is O=C(Cc1cccc(C(F)(F)F)c1)C[C@H]1C[C@@H]2C[C@H]1C[C@@H]2Nc1nccc(Nc2cc(C3CCCC3)[nH]n2)n1. The summed E-state index contributed by atoms with van der Waals surface area (Å²) in [5.41, 5.74) is 0.890. The van der Waals surface area contributed by atoms with E-state index in [9.17, 15) is 18.0 Å². The van der Waals surface area contributed by atoms with E-state index in [2.05, 4.69) is 36.9 Å². The lowest BCUT2D eigenvalue weighted by Gasteiger charge is -2.28. The third-order valence-electron chi connectivity index (χ3n) is 8.77. The second-order valence-corrected chi connectivity index (χ2v) is 11.4. The van der Waals surface area contributed by atoms with Crippen molar-refractivity contribution in [2.24, 2.45) is 17.8 Å². The van der Waals surface area contributed by atoms with Gasteiger partial charge in [-0.05, 0) is 67.6 Å². The van der Waals surface area contributed by atoms with Crippen molar-refractivity contribution < 1.29 is 18.0 Å². The number of fused-ring (bicyclic) bond motifs is 2. The first-order valence-corrected chi connectivity index (χ1v) is 13.9. The number of Topliss-reactive ketones (excluding diaryl/α,β-unsaturated/α-hetero) is 1. The number of H-pyrrole nitrogens is 1. The summed E-state index contributed by atoms with van der Waals surface area (Å²) in [6.45, 7) is 0. The fraction of sp³-hybridized carbons (Fsp3) is 0.517. The maximum absolute atomic E-state index is 13.0. The molecule has 3 aliphatic carbocycles. The van der Waals surface area contributed by atoms with Gasteiger partial charge in [0, 0.05) is 42.8 Å². The minimum absolute atomic E-state index is 0.00736. The molecule has 0 radical (unpaired) electrons. The average Bonchev–Trinajstić information content (AvgIpc) is 3.69. The normalized spacial score (nSPS) is 24.8. The van der Waals surface area contributed by atoms with Crippen LogP contribution in [0, 0.1) is 17.8 Å². The van der Waals surface area contributed by atoms with E-state index in [1.54, 1.807) is 12.3 Å². The number of carbonyl (C=O) groups excluding carboxylic acids is 1. The van der Waals surface area contributed by atoms with Crippen LogP contribution >= 0.6 is 0 Å². The summed E-state index contributed by atoms with van der Waals surface area (Å²) in [4.78, 5) is 21.8. The molecule has 2 heterocycles. The topological polar surface area (TPSA) is 95.6 Å². The van der Waals surface area contributed by atoms with Gasteiger partial charge in [-0.1, -0.05) is 31.0 Å². The molecule has 39 heavy (non-hydrogen) atoms. The molecule has 3 aliphatic rings. The summed E-state index contributed by atoms with van der Waals surface area (Å²) in [5, 5.41) is 14.3. The Hall–Kier alpha value is -3.43. The lowest BCUT2D eigenvalue weighted by Crippen LogP contribution is -2.30. The van der Waals surface area contributed by atoms with Crippen LogP contribution in [-0.2, 0) is 17.4 Å². The van der Waals surface area contributed by atoms with Crippen molar-refractivity contribution in [2.75, 3.05) is 10.6 Å². The molecule has 1 aromatic carbocycles. The molecule has 10 heteroatoms. The molecule has 3 fully saturated rings. The first kappa shape index (κ1) is 25.8. The van der Waals surface area contributed by atoms with Crippen LogP contribution < -0.4 is 10.6 Å². The van der Waals surface area contributed by atoms with Crippen LogP contribution in [0.3, 0.4) is 0 Å². The molecule has 0 unspecified atom stereocenters. The number of halogens is 3. The Labute approximate surface area is 225 Å². The van der Waals surface area contributed by atoms with Crippen LogP contribution in [-0.4, -0.2) is 32.0 Å². The largest absolute Gasteiger partial charge is 0.416 e. The van der Waals surface area contributed by atoms with Gasteiger partial charge in [-0.25, -0.2) is 4.98 Å². The number of nitrogens with one attached hydrogen (secondary N) is 3. The van der Waals surface area contributed by atoms with Crippen molar-refractivity contribution in [3.63, 3.8) is 0 Å². The summed E-state index contributed by atoms with van der Waals surface area (Å²) in [6.07, 6.45) is 5.68. The molecule has 6 rings (SSSR count). The van der Waals surface area contributed by atoms with Crippen molar-refractivity contribution >= 4 is 23.4 Å². The number of carbonyl (C=O) groups is 1. The summed E-state index contributed by atoms with van der Waals surface area (Å²) < 4.78 is 39.0. The standard InChI is InChI=1S/C29H33F3N6O/c30-29(31,32)22-7-3-4-17(10-22)11-23(39)14-19-12-21-13-20(19)15-24(21)34-28-33-9-8-26(36-28)35-27-16-25(37-38-27)18-5-1-2-6-18/h3-4,7-10,16,18-21,24H,1-2,5-6,11-15H2,(H3,33,34,35,36,37,38)/t19-,20+,21-,24+/m1/s1. The second-order valence-electron chi connectivity index (χ2n) is 11.4. The van der Waals surface area contributed by atoms with Crippen molar-refractivity contribution in [1.82, 2.24) is 20.2 Å². The third-order valence-corrected chi connectivity index (χ3v) is 8.77. The molecule has 3 N–H and O–H groups in total. The molecule has 0 aliphatic heterocycles. The van der Waals surface area contributed by atoms with E-state index in [4.69, 9.17) is 0 Å². The molecule has 206 valence electrons. The van der Waals surface area contributed by atoms with Gasteiger partial charge in [0.25, 0.3) is 0 Å². The molecule has 0 saturated heterocycles. The highest BCUT2D eigenvalue weighted by Gasteiger charge is 2.46. The van der Waals surface area contributed by atoms with E-state index >= 15 is 0 Å². The fourth-order valence-electron chi connectivity index (χ4n) is 6.91. The zero-order chi connectivity index (χ0) is 27.0. The maximum atomic E-state index is 13.0. The Kier molecular flexibility index (Phi) is 7.03. The summed E-state index contributed by atoms with van der Waals surface area (Å²) >= 11 is 0. The highest BCUT2D eigenvalue weighted by atomic mass is 19.4. The number of nitrogens with zero attached hydrogens (tertiary/aromatic N) is 3. The zero-order valence-corrected chi connectivity index (χ0v) is 21.7. The summed E-state index contributed by atoms with van der Waals surface area (Å²) in [7, 11) is 0. The van der Waals surface area contributed by atoms with Gasteiger partial charge in [0.15, 0.2) is 5.82 Å². The first-order chi connectivity index (χ1) is 18.8. The molecule has 4 atom stereocenters. The summed E-state index contributed by atoms with van der Waals surface area (Å²) in [6, 6.07) is 9.22. The van der Waals surface area contributed by atoms with Crippen LogP contribution in [0.1, 0.15) is 74.1 Å². The van der Waals surface area contributed by atoms with Gasteiger partial charge in [0.1, 0.15) is 11.6 Å². The van der Waals surface area contributed by atoms with Crippen LogP contribution in [0.5, 0.6) is 0 Å². The minimum Gasteiger partial charge on any atom is -0.351 e. The van der Waals surface area contributed by atoms with E-state index in [-0.39, 0.29) is 24.2 Å². The first-order valence-electron chi connectivity index (χ1n) is 13.9. The number of anilines is 3. The Morgan fingerprint density at radius 3 is 2.64 bits per heavy atom. The molecule has 2 bridgehead atoms. The highest BCUT2D eigenvalue weighted by Crippen LogP contribution is 2.50. The number of aromatic nitrogens is 4. The molecule has 2 aromatic heterocycles. The lowest BCUT2D eigenvalue weighted by molar-refractivity contribution is -0.137. The van der Waals surface area contributed by atoms with Crippen molar-refractivity contribution in [1.29, 1.82) is 0 Å².